The highest BCUT2D eigenvalue weighted by molar-refractivity contribution is 5.49. The zero-order valence-electron chi connectivity index (χ0n) is 11.9. The number of anilines is 1. The van der Waals surface area contributed by atoms with Crippen LogP contribution < -0.4 is 5.32 Å². The second-order valence-corrected chi connectivity index (χ2v) is 5.48. The van der Waals surface area contributed by atoms with E-state index in [1.165, 1.54) is 6.07 Å². The molecule has 2 aromatic rings. The molecular formula is C16H18FN3. The van der Waals surface area contributed by atoms with Crippen molar-refractivity contribution in [3.8, 4) is 0 Å². The standard InChI is InChI=1S/C16H18FN3/c1-9-10(2)18-11(3)19-16(9)20-15-8-14(15)12-5-4-6-13(17)7-12/h4-7,14-15H,8H2,1-3H3,(H,18,19,20)/t14-,15+/m0/s1. The van der Waals surface area contributed by atoms with Gasteiger partial charge in [-0.2, -0.15) is 0 Å². The fourth-order valence-electron chi connectivity index (χ4n) is 2.54. The van der Waals surface area contributed by atoms with Crippen LogP contribution in [-0.4, -0.2) is 16.0 Å². The number of nitrogens with zero attached hydrogens (tertiary/aromatic N) is 2. The number of nitrogens with one attached hydrogen (secondary N) is 1. The third-order valence-corrected chi connectivity index (χ3v) is 3.89. The van der Waals surface area contributed by atoms with Gasteiger partial charge < -0.3 is 5.32 Å². The molecule has 1 N–H and O–H groups in total. The summed E-state index contributed by atoms with van der Waals surface area (Å²) in [4.78, 5) is 8.81. The lowest BCUT2D eigenvalue weighted by molar-refractivity contribution is 0.625. The molecule has 104 valence electrons. The average molecular weight is 271 g/mol. The normalized spacial score (nSPS) is 20.8. The van der Waals surface area contributed by atoms with E-state index in [0.29, 0.717) is 12.0 Å². The third kappa shape index (κ3) is 2.50. The molecule has 1 aliphatic carbocycles. The number of benzene rings is 1. The molecule has 0 unspecified atom stereocenters. The summed E-state index contributed by atoms with van der Waals surface area (Å²) in [5, 5.41) is 3.46. The van der Waals surface area contributed by atoms with Gasteiger partial charge >= 0.3 is 0 Å². The summed E-state index contributed by atoms with van der Waals surface area (Å²) in [6, 6.07) is 7.19. The summed E-state index contributed by atoms with van der Waals surface area (Å²) in [5.41, 5.74) is 3.14. The Kier molecular flexibility index (Phi) is 3.16. The Morgan fingerprint density at radius 1 is 1.20 bits per heavy atom. The second kappa shape index (κ2) is 4.85. The average Bonchev–Trinajstić information content (AvgIpc) is 3.15. The Balaban J connectivity index is 1.75. The highest BCUT2D eigenvalue weighted by Gasteiger charge is 2.39. The molecule has 0 aliphatic heterocycles. The molecule has 1 saturated carbocycles. The van der Waals surface area contributed by atoms with Crippen molar-refractivity contribution < 1.29 is 4.39 Å². The molecule has 1 heterocycles. The minimum atomic E-state index is -0.168. The van der Waals surface area contributed by atoms with Crippen molar-refractivity contribution in [3.63, 3.8) is 0 Å². The first kappa shape index (κ1) is 13.0. The molecule has 0 radical (unpaired) electrons. The van der Waals surface area contributed by atoms with Gasteiger partial charge in [-0.05, 0) is 44.9 Å². The number of halogens is 1. The van der Waals surface area contributed by atoms with E-state index in [0.717, 1.165) is 34.9 Å². The SMILES string of the molecule is Cc1nc(C)c(C)c(N[C@@H]2C[C@H]2c2cccc(F)c2)n1. The summed E-state index contributed by atoms with van der Waals surface area (Å²) in [6.07, 6.45) is 1.02. The smallest absolute Gasteiger partial charge is 0.133 e. The Labute approximate surface area is 118 Å². The summed E-state index contributed by atoms with van der Waals surface area (Å²) >= 11 is 0. The molecule has 1 aliphatic rings. The predicted molar refractivity (Wildman–Crippen MR) is 77.4 cm³/mol. The lowest BCUT2D eigenvalue weighted by Gasteiger charge is -2.11. The Hall–Kier alpha value is -1.97. The van der Waals surface area contributed by atoms with Crippen molar-refractivity contribution in [1.82, 2.24) is 9.97 Å². The lowest BCUT2D eigenvalue weighted by atomic mass is 10.1. The molecule has 0 bridgehead atoms. The molecule has 3 rings (SSSR count). The van der Waals surface area contributed by atoms with E-state index in [2.05, 4.69) is 15.3 Å². The zero-order chi connectivity index (χ0) is 14.3. The number of hydrogen-bond acceptors (Lipinski definition) is 3. The summed E-state index contributed by atoms with van der Waals surface area (Å²) in [7, 11) is 0. The van der Waals surface area contributed by atoms with Crippen LogP contribution in [0.4, 0.5) is 10.2 Å². The van der Waals surface area contributed by atoms with Crippen LogP contribution in [0.3, 0.4) is 0 Å². The van der Waals surface area contributed by atoms with Crippen LogP contribution >= 0.6 is 0 Å². The van der Waals surface area contributed by atoms with Crippen LogP contribution in [0.15, 0.2) is 24.3 Å². The number of rotatable bonds is 3. The maximum atomic E-state index is 13.2. The highest BCUT2D eigenvalue weighted by atomic mass is 19.1. The third-order valence-electron chi connectivity index (χ3n) is 3.89. The minimum Gasteiger partial charge on any atom is -0.366 e. The predicted octanol–water partition coefficient (Wildman–Crippen LogP) is 3.51. The molecular weight excluding hydrogens is 253 g/mol. The summed E-state index contributed by atoms with van der Waals surface area (Å²) < 4.78 is 13.2. The quantitative estimate of drug-likeness (QED) is 0.928. The van der Waals surface area contributed by atoms with Crippen molar-refractivity contribution in [1.29, 1.82) is 0 Å². The van der Waals surface area contributed by atoms with Crippen LogP contribution in [0.5, 0.6) is 0 Å². The van der Waals surface area contributed by atoms with Gasteiger partial charge in [-0.25, -0.2) is 14.4 Å². The van der Waals surface area contributed by atoms with E-state index in [-0.39, 0.29) is 5.82 Å². The van der Waals surface area contributed by atoms with Gasteiger partial charge in [-0.1, -0.05) is 12.1 Å². The van der Waals surface area contributed by atoms with Crippen molar-refractivity contribution in [3.05, 3.63) is 52.7 Å². The minimum absolute atomic E-state index is 0.168. The molecule has 2 atom stereocenters. The van der Waals surface area contributed by atoms with Gasteiger partial charge in [0.05, 0.1) is 0 Å². The van der Waals surface area contributed by atoms with Crippen LogP contribution in [0.2, 0.25) is 0 Å². The van der Waals surface area contributed by atoms with E-state index >= 15 is 0 Å². The fourth-order valence-corrected chi connectivity index (χ4v) is 2.54. The van der Waals surface area contributed by atoms with Crippen molar-refractivity contribution in [2.75, 3.05) is 5.32 Å². The van der Waals surface area contributed by atoms with Gasteiger partial charge in [0, 0.05) is 23.2 Å². The molecule has 3 nitrogen and oxygen atoms in total. The van der Waals surface area contributed by atoms with Crippen molar-refractivity contribution in [2.45, 2.75) is 39.2 Å². The fraction of sp³-hybridized carbons (Fsp3) is 0.375. The highest BCUT2D eigenvalue weighted by Crippen LogP contribution is 2.43. The van der Waals surface area contributed by atoms with Crippen LogP contribution in [0.25, 0.3) is 0 Å². The number of aromatic nitrogens is 2. The maximum absolute atomic E-state index is 13.2. The van der Waals surface area contributed by atoms with E-state index in [1.54, 1.807) is 12.1 Å². The molecule has 0 amide bonds. The monoisotopic (exact) mass is 271 g/mol. The van der Waals surface area contributed by atoms with Crippen molar-refractivity contribution >= 4 is 5.82 Å². The van der Waals surface area contributed by atoms with Gasteiger partial charge in [-0.3, -0.25) is 0 Å². The zero-order valence-corrected chi connectivity index (χ0v) is 11.9. The molecule has 1 aromatic heterocycles. The Morgan fingerprint density at radius 3 is 2.75 bits per heavy atom. The summed E-state index contributed by atoms with van der Waals surface area (Å²) in [6.45, 7) is 5.91. The molecule has 1 aromatic carbocycles. The lowest BCUT2D eigenvalue weighted by Crippen LogP contribution is -2.10. The summed E-state index contributed by atoms with van der Waals surface area (Å²) in [5.74, 6) is 1.89. The molecule has 0 spiro atoms. The molecule has 1 fully saturated rings. The molecule has 0 saturated heterocycles. The van der Waals surface area contributed by atoms with Gasteiger partial charge in [-0.15, -0.1) is 0 Å². The first-order valence-corrected chi connectivity index (χ1v) is 6.88. The second-order valence-electron chi connectivity index (χ2n) is 5.48. The first-order valence-electron chi connectivity index (χ1n) is 6.88. The van der Waals surface area contributed by atoms with E-state index < -0.39 is 0 Å². The van der Waals surface area contributed by atoms with E-state index in [9.17, 15) is 4.39 Å². The van der Waals surface area contributed by atoms with Crippen LogP contribution in [0.1, 0.15) is 35.0 Å². The Morgan fingerprint density at radius 2 is 2.00 bits per heavy atom. The first-order chi connectivity index (χ1) is 9.54. The number of hydrogen-bond donors (Lipinski definition) is 1. The van der Waals surface area contributed by atoms with E-state index in [4.69, 9.17) is 0 Å². The van der Waals surface area contributed by atoms with E-state index in [1.807, 2.05) is 26.8 Å². The molecule has 20 heavy (non-hydrogen) atoms. The number of aryl methyl sites for hydroxylation is 2. The van der Waals surface area contributed by atoms with Gasteiger partial charge in [0.15, 0.2) is 0 Å². The van der Waals surface area contributed by atoms with Gasteiger partial charge in [0.2, 0.25) is 0 Å². The topological polar surface area (TPSA) is 37.8 Å². The Bertz CT molecular complexity index is 654. The van der Waals surface area contributed by atoms with Gasteiger partial charge in [0.1, 0.15) is 17.5 Å². The van der Waals surface area contributed by atoms with Crippen molar-refractivity contribution in [2.24, 2.45) is 0 Å². The maximum Gasteiger partial charge on any atom is 0.133 e. The van der Waals surface area contributed by atoms with Gasteiger partial charge in [0.25, 0.3) is 0 Å². The van der Waals surface area contributed by atoms with Crippen LogP contribution in [0, 0.1) is 26.6 Å². The largest absolute Gasteiger partial charge is 0.366 e. The van der Waals surface area contributed by atoms with Crippen LogP contribution in [-0.2, 0) is 0 Å². The molecule has 4 heteroatoms.